The summed E-state index contributed by atoms with van der Waals surface area (Å²) >= 11 is 0. The molecule has 0 radical (unpaired) electrons. The van der Waals surface area contributed by atoms with Crippen molar-refractivity contribution in [3.05, 3.63) is 90.3 Å². The molecule has 2 aromatic heterocycles. The van der Waals surface area contributed by atoms with Crippen molar-refractivity contribution in [2.75, 3.05) is 0 Å². The van der Waals surface area contributed by atoms with Crippen molar-refractivity contribution in [1.82, 2.24) is 4.57 Å². The van der Waals surface area contributed by atoms with Gasteiger partial charge in [0.1, 0.15) is 5.82 Å². The molecule has 3 aromatic rings. The lowest BCUT2D eigenvalue weighted by Crippen LogP contribution is -2.37. The van der Waals surface area contributed by atoms with Gasteiger partial charge in [0.2, 0.25) is 12.3 Å². The van der Waals surface area contributed by atoms with Crippen LogP contribution in [-0.4, -0.2) is 10.4 Å². The molecule has 0 saturated carbocycles. The predicted molar refractivity (Wildman–Crippen MR) is 80.9 cm³/mol. The number of carbonyl (C=O) groups is 1. The summed E-state index contributed by atoms with van der Waals surface area (Å²) in [5.74, 6) is -0.374. The predicted octanol–water partition coefficient (Wildman–Crippen LogP) is 2.85. The fourth-order valence-corrected chi connectivity index (χ4v) is 2.35. The Bertz CT molecular complexity index is 764. The molecule has 0 N–H and O–H groups in total. The Labute approximate surface area is 128 Å². The van der Waals surface area contributed by atoms with Gasteiger partial charge in [-0.15, -0.1) is 0 Å². The van der Waals surface area contributed by atoms with Gasteiger partial charge in [-0.3, -0.25) is 4.79 Å². The van der Waals surface area contributed by atoms with Gasteiger partial charge in [0, 0.05) is 29.6 Å². The van der Waals surface area contributed by atoms with E-state index >= 15 is 0 Å². The van der Waals surface area contributed by atoms with Gasteiger partial charge in [0.05, 0.1) is 6.54 Å². The Balaban J connectivity index is 1.72. The molecular formula is C18H16FN2O+. The zero-order valence-electron chi connectivity index (χ0n) is 12.0. The molecule has 0 fully saturated rings. The standard InChI is InChI=1S/C18H16FN2O/c19-17-7-5-16(6-8-17)18(22)14-21-11-3-4-15(13-21)12-20-9-1-2-10-20/h1-11,13H,12,14H2/q+1. The minimum absolute atomic E-state index is 0.0388. The van der Waals surface area contributed by atoms with Crippen LogP contribution in [0.1, 0.15) is 15.9 Å². The molecule has 0 atom stereocenters. The van der Waals surface area contributed by atoms with E-state index in [1.165, 1.54) is 24.3 Å². The summed E-state index contributed by atoms with van der Waals surface area (Å²) in [6, 6.07) is 13.6. The molecule has 0 unspecified atom stereocenters. The lowest BCUT2D eigenvalue weighted by atomic mass is 10.1. The van der Waals surface area contributed by atoms with Crippen LogP contribution in [0.25, 0.3) is 0 Å². The van der Waals surface area contributed by atoms with E-state index in [0.29, 0.717) is 5.56 Å². The van der Waals surface area contributed by atoms with Gasteiger partial charge >= 0.3 is 0 Å². The summed E-state index contributed by atoms with van der Waals surface area (Å²) < 4.78 is 16.8. The molecule has 110 valence electrons. The van der Waals surface area contributed by atoms with E-state index in [1.807, 2.05) is 53.6 Å². The molecule has 0 saturated heterocycles. The van der Waals surface area contributed by atoms with Gasteiger partial charge in [0.25, 0.3) is 0 Å². The molecule has 4 heteroatoms. The molecule has 22 heavy (non-hydrogen) atoms. The van der Waals surface area contributed by atoms with Crippen LogP contribution in [0.4, 0.5) is 4.39 Å². The third kappa shape index (κ3) is 3.47. The minimum Gasteiger partial charge on any atom is -0.350 e. The number of Topliss-reactive ketones (excluding diaryl/α,β-unsaturated/α-hetero) is 1. The maximum atomic E-state index is 12.9. The first kappa shape index (κ1) is 14.2. The number of hydrogen-bond donors (Lipinski definition) is 0. The highest BCUT2D eigenvalue weighted by Crippen LogP contribution is 2.04. The average Bonchev–Trinajstić information content (AvgIpc) is 3.01. The first-order valence-electron chi connectivity index (χ1n) is 7.08. The van der Waals surface area contributed by atoms with E-state index < -0.39 is 0 Å². The molecule has 0 amide bonds. The number of carbonyl (C=O) groups excluding carboxylic acids is 1. The van der Waals surface area contributed by atoms with Crippen molar-refractivity contribution >= 4 is 5.78 Å². The van der Waals surface area contributed by atoms with Crippen LogP contribution in [0.2, 0.25) is 0 Å². The third-order valence-corrected chi connectivity index (χ3v) is 3.44. The van der Waals surface area contributed by atoms with Gasteiger partial charge in [-0.25, -0.2) is 4.39 Å². The van der Waals surface area contributed by atoms with E-state index in [0.717, 1.165) is 12.1 Å². The second-order valence-corrected chi connectivity index (χ2v) is 5.17. The second-order valence-electron chi connectivity index (χ2n) is 5.17. The highest BCUT2D eigenvalue weighted by Gasteiger charge is 2.12. The fraction of sp³-hybridized carbons (Fsp3) is 0.111. The number of rotatable bonds is 5. The molecule has 0 bridgehead atoms. The molecule has 0 aliphatic rings. The first-order chi connectivity index (χ1) is 10.7. The quantitative estimate of drug-likeness (QED) is 0.525. The summed E-state index contributed by atoms with van der Waals surface area (Å²) in [7, 11) is 0. The van der Waals surface area contributed by atoms with Crippen LogP contribution < -0.4 is 4.57 Å². The summed E-state index contributed by atoms with van der Waals surface area (Å²) in [6.07, 6.45) is 7.82. The number of aromatic nitrogens is 2. The molecule has 3 nitrogen and oxygen atoms in total. The van der Waals surface area contributed by atoms with Crippen LogP contribution in [0.15, 0.2) is 73.3 Å². The topological polar surface area (TPSA) is 25.9 Å². The summed E-state index contributed by atoms with van der Waals surface area (Å²) in [5.41, 5.74) is 1.63. The van der Waals surface area contributed by atoms with Crippen molar-refractivity contribution in [2.24, 2.45) is 0 Å². The number of halogens is 1. The van der Waals surface area contributed by atoms with Gasteiger partial charge in [-0.1, -0.05) is 0 Å². The Kier molecular flexibility index (Phi) is 4.10. The Hall–Kier alpha value is -2.75. The average molecular weight is 295 g/mol. The second kappa shape index (κ2) is 6.35. The fourth-order valence-electron chi connectivity index (χ4n) is 2.35. The summed E-state index contributed by atoms with van der Waals surface area (Å²) in [4.78, 5) is 12.2. The van der Waals surface area contributed by atoms with Crippen molar-refractivity contribution in [1.29, 1.82) is 0 Å². The molecular weight excluding hydrogens is 279 g/mol. The molecule has 0 spiro atoms. The zero-order valence-corrected chi connectivity index (χ0v) is 12.0. The molecule has 3 rings (SSSR count). The Morgan fingerprint density at radius 1 is 1.05 bits per heavy atom. The molecule has 0 aliphatic carbocycles. The summed E-state index contributed by atoms with van der Waals surface area (Å²) in [5, 5.41) is 0. The SMILES string of the molecule is O=C(C[n+]1cccc(Cn2cccc2)c1)c1ccc(F)cc1. The van der Waals surface area contributed by atoms with Gasteiger partial charge < -0.3 is 4.57 Å². The number of benzene rings is 1. The van der Waals surface area contributed by atoms with E-state index in [4.69, 9.17) is 0 Å². The van der Waals surface area contributed by atoms with Crippen molar-refractivity contribution in [3.63, 3.8) is 0 Å². The third-order valence-electron chi connectivity index (χ3n) is 3.44. The highest BCUT2D eigenvalue weighted by molar-refractivity contribution is 5.94. The van der Waals surface area contributed by atoms with E-state index in [1.54, 1.807) is 0 Å². The van der Waals surface area contributed by atoms with Crippen LogP contribution in [0.3, 0.4) is 0 Å². The van der Waals surface area contributed by atoms with Gasteiger partial charge in [-0.05, 0) is 42.5 Å². The lowest BCUT2D eigenvalue weighted by molar-refractivity contribution is -0.683. The molecule has 2 heterocycles. The van der Waals surface area contributed by atoms with Crippen LogP contribution in [0.5, 0.6) is 0 Å². The minimum atomic E-state index is -0.335. The zero-order chi connectivity index (χ0) is 15.4. The number of hydrogen-bond acceptors (Lipinski definition) is 1. The normalized spacial score (nSPS) is 10.6. The first-order valence-corrected chi connectivity index (χ1v) is 7.08. The molecule has 0 aliphatic heterocycles. The molecule has 1 aromatic carbocycles. The van der Waals surface area contributed by atoms with Crippen LogP contribution in [-0.2, 0) is 13.1 Å². The summed E-state index contributed by atoms with van der Waals surface area (Å²) in [6.45, 7) is 1.00. The van der Waals surface area contributed by atoms with E-state index in [9.17, 15) is 9.18 Å². The number of pyridine rings is 1. The van der Waals surface area contributed by atoms with E-state index in [-0.39, 0.29) is 18.1 Å². The smallest absolute Gasteiger partial charge is 0.227 e. The Morgan fingerprint density at radius 2 is 1.77 bits per heavy atom. The van der Waals surface area contributed by atoms with Crippen LogP contribution in [0, 0.1) is 5.82 Å². The maximum Gasteiger partial charge on any atom is 0.227 e. The van der Waals surface area contributed by atoms with Crippen LogP contribution >= 0.6 is 0 Å². The van der Waals surface area contributed by atoms with Gasteiger partial charge in [-0.2, -0.15) is 4.57 Å². The lowest BCUT2D eigenvalue weighted by Gasteiger charge is -2.03. The van der Waals surface area contributed by atoms with Gasteiger partial charge in [0.15, 0.2) is 12.4 Å². The number of nitrogens with zero attached hydrogens (tertiary/aromatic N) is 2. The van der Waals surface area contributed by atoms with E-state index in [2.05, 4.69) is 4.57 Å². The van der Waals surface area contributed by atoms with Crippen molar-refractivity contribution < 1.29 is 13.8 Å². The largest absolute Gasteiger partial charge is 0.350 e. The highest BCUT2D eigenvalue weighted by atomic mass is 19.1. The maximum absolute atomic E-state index is 12.9. The monoisotopic (exact) mass is 295 g/mol. The Morgan fingerprint density at radius 3 is 2.50 bits per heavy atom. The van der Waals surface area contributed by atoms with Crippen molar-refractivity contribution in [2.45, 2.75) is 13.1 Å². The van der Waals surface area contributed by atoms with Crippen molar-refractivity contribution in [3.8, 4) is 0 Å². The number of ketones is 1.